The molecule has 0 aromatic heterocycles. The van der Waals surface area contributed by atoms with Crippen molar-refractivity contribution in [2.45, 2.75) is 44.7 Å². The maximum Gasteiger partial charge on any atom is 0.269 e. The van der Waals surface area contributed by atoms with Gasteiger partial charge in [-0.1, -0.05) is 48.9 Å². The highest BCUT2D eigenvalue weighted by atomic mass is 32.2. The summed E-state index contributed by atoms with van der Waals surface area (Å²) >= 11 is 0. The Morgan fingerprint density at radius 2 is 1.75 bits per heavy atom. The minimum Gasteiger partial charge on any atom is -0.354 e. The van der Waals surface area contributed by atoms with Crippen LogP contribution in [0.3, 0.4) is 0 Å². The predicted octanol–water partition coefficient (Wildman–Crippen LogP) is 2.08. The van der Waals surface area contributed by atoms with Crippen molar-refractivity contribution in [2.75, 3.05) is 13.1 Å². The molecule has 0 fully saturated rings. The number of benzene rings is 2. The first kappa shape index (κ1) is 23.5. The molecule has 0 saturated heterocycles. The minimum atomic E-state index is -4.13. The first-order chi connectivity index (χ1) is 15.2. The van der Waals surface area contributed by atoms with E-state index in [1.165, 1.54) is 23.1 Å². The van der Waals surface area contributed by atoms with Crippen molar-refractivity contribution in [3.63, 3.8) is 0 Å². The van der Waals surface area contributed by atoms with Gasteiger partial charge in [0.25, 0.3) is 15.9 Å². The monoisotopic (exact) mass is 457 g/mol. The van der Waals surface area contributed by atoms with E-state index in [-0.39, 0.29) is 22.9 Å². The first-order valence-electron chi connectivity index (χ1n) is 10.5. The number of hydrogen-bond donors (Lipinski definition) is 1. The summed E-state index contributed by atoms with van der Waals surface area (Å²) in [7, 11) is -4.13. The largest absolute Gasteiger partial charge is 0.354 e. The van der Waals surface area contributed by atoms with Crippen LogP contribution in [-0.2, 0) is 26.2 Å². The molecule has 3 rings (SSSR count). The molecule has 0 aliphatic carbocycles. The van der Waals surface area contributed by atoms with Gasteiger partial charge in [0.1, 0.15) is 17.5 Å². The van der Waals surface area contributed by atoms with Gasteiger partial charge in [-0.25, -0.2) is 12.7 Å². The average Bonchev–Trinajstić information content (AvgIpc) is 2.97. The van der Waals surface area contributed by atoms with E-state index in [1.54, 1.807) is 13.0 Å². The highest BCUT2D eigenvalue weighted by Gasteiger charge is 2.43. The molecular formula is C23H27N3O5S. The van der Waals surface area contributed by atoms with Crippen LogP contribution in [0.25, 0.3) is 0 Å². The molecular weight excluding hydrogens is 430 g/mol. The standard InChI is InChI=1S/C23H27N3O5S/c1-4-13-24-22(28)17(3)25(14-18-11-9-16(2)10-12-18)21(27)15-26-23(29)19-7-5-6-8-20(19)32(26,30)31/h5-12,17H,4,13-15H2,1-3H3,(H,24,28)/t17-/m0/s1. The number of fused-ring (bicyclic) bond motifs is 1. The van der Waals surface area contributed by atoms with Crippen LogP contribution in [0, 0.1) is 6.92 Å². The zero-order valence-electron chi connectivity index (χ0n) is 18.4. The quantitative estimate of drug-likeness (QED) is 0.654. The molecule has 1 N–H and O–H groups in total. The van der Waals surface area contributed by atoms with Gasteiger partial charge in [-0.15, -0.1) is 0 Å². The summed E-state index contributed by atoms with van der Waals surface area (Å²) in [5, 5.41) is 2.76. The second-order valence-corrected chi connectivity index (χ2v) is 9.62. The summed E-state index contributed by atoms with van der Waals surface area (Å²) in [6.07, 6.45) is 0.739. The van der Waals surface area contributed by atoms with Crippen LogP contribution in [0.4, 0.5) is 0 Å². The first-order valence-corrected chi connectivity index (χ1v) is 11.9. The number of sulfonamides is 1. The molecule has 32 heavy (non-hydrogen) atoms. The second-order valence-electron chi connectivity index (χ2n) is 7.79. The third-order valence-corrected chi connectivity index (χ3v) is 7.17. The number of carbonyl (C=O) groups is 3. The van der Waals surface area contributed by atoms with Gasteiger partial charge in [-0.2, -0.15) is 0 Å². The van der Waals surface area contributed by atoms with Crippen LogP contribution in [0.5, 0.6) is 0 Å². The molecule has 1 atom stereocenters. The lowest BCUT2D eigenvalue weighted by Crippen LogP contribution is -2.51. The Bertz CT molecular complexity index is 1130. The van der Waals surface area contributed by atoms with Crippen molar-refractivity contribution < 1.29 is 22.8 Å². The molecule has 8 nitrogen and oxygen atoms in total. The number of nitrogens with one attached hydrogen (secondary N) is 1. The van der Waals surface area contributed by atoms with Gasteiger partial charge < -0.3 is 10.2 Å². The fourth-order valence-electron chi connectivity index (χ4n) is 3.47. The third kappa shape index (κ3) is 4.67. The molecule has 1 aliphatic rings. The molecule has 1 aliphatic heterocycles. The van der Waals surface area contributed by atoms with Crippen molar-refractivity contribution in [3.05, 3.63) is 65.2 Å². The van der Waals surface area contributed by atoms with Crippen LogP contribution in [0.15, 0.2) is 53.4 Å². The van der Waals surface area contributed by atoms with Crippen molar-refractivity contribution in [1.82, 2.24) is 14.5 Å². The van der Waals surface area contributed by atoms with Gasteiger partial charge >= 0.3 is 0 Å². The predicted molar refractivity (Wildman–Crippen MR) is 119 cm³/mol. The van der Waals surface area contributed by atoms with Crippen molar-refractivity contribution >= 4 is 27.7 Å². The Hall–Kier alpha value is -3.20. The van der Waals surface area contributed by atoms with Gasteiger partial charge in [0.2, 0.25) is 11.8 Å². The molecule has 3 amide bonds. The van der Waals surface area contributed by atoms with Crippen LogP contribution in [-0.4, -0.2) is 54.5 Å². The zero-order chi connectivity index (χ0) is 23.5. The van der Waals surface area contributed by atoms with Gasteiger partial charge in [0.15, 0.2) is 0 Å². The number of hydrogen-bond acceptors (Lipinski definition) is 5. The van der Waals surface area contributed by atoms with Crippen molar-refractivity contribution in [3.8, 4) is 0 Å². The third-order valence-electron chi connectivity index (χ3n) is 5.38. The molecule has 0 radical (unpaired) electrons. The number of rotatable bonds is 8. The van der Waals surface area contributed by atoms with Gasteiger partial charge in [-0.05, 0) is 38.0 Å². The second kappa shape index (κ2) is 9.52. The van der Waals surface area contributed by atoms with Gasteiger partial charge in [0, 0.05) is 13.1 Å². The van der Waals surface area contributed by atoms with Crippen LogP contribution >= 0.6 is 0 Å². The van der Waals surface area contributed by atoms with E-state index in [1.807, 2.05) is 38.1 Å². The van der Waals surface area contributed by atoms with Crippen LogP contribution in [0.1, 0.15) is 41.8 Å². The maximum absolute atomic E-state index is 13.3. The number of aryl methyl sites for hydroxylation is 1. The molecule has 9 heteroatoms. The number of carbonyl (C=O) groups excluding carboxylic acids is 3. The molecule has 0 spiro atoms. The van der Waals surface area contributed by atoms with E-state index >= 15 is 0 Å². The average molecular weight is 458 g/mol. The number of amides is 3. The Balaban J connectivity index is 1.87. The van der Waals surface area contributed by atoms with Gasteiger partial charge in [-0.3, -0.25) is 14.4 Å². The molecule has 0 bridgehead atoms. The van der Waals surface area contributed by atoms with Crippen molar-refractivity contribution in [1.29, 1.82) is 0 Å². The van der Waals surface area contributed by atoms with Crippen LogP contribution < -0.4 is 5.32 Å². The van der Waals surface area contributed by atoms with E-state index in [0.717, 1.165) is 17.5 Å². The molecule has 1 heterocycles. The highest BCUT2D eigenvalue weighted by Crippen LogP contribution is 2.30. The fraction of sp³-hybridized carbons (Fsp3) is 0.348. The lowest BCUT2D eigenvalue weighted by atomic mass is 10.1. The summed E-state index contributed by atoms with van der Waals surface area (Å²) < 4.78 is 26.3. The van der Waals surface area contributed by atoms with E-state index in [4.69, 9.17) is 0 Å². The topological polar surface area (TPSA) is 104 Å². The SMILES string of the molecule is CCCNC(=O)[C@H](C)N(Cc1ccc(C)cc1)C(=O)CN1C(=O)c2ccccc2S1(=O)=O. The molecule has 2 aromatic carbocycles. The lowest BCUT2D eigenvalue weighted by molar-refractivity contribution is -0.140. The lowest BCUT2D eigenvalue weighted by Gasteiger charge is -2.30. The summed E-state index contributed by atoms with van der Waals surface area (Å²) in [5.41, 5.74) is 1.88. The Kier molecular flexibility index (Phi) is 6.98. The fourth-order valence-corrected chi connectivity index (χ4v) is 4.99. The van der Waals surface area contributed by atoms with E-state index < -0.39 is 34.4 Å². The summed E-state index contributed by atoms with van der Waals surface area (Å²) in [6, 6.07) is 12.5. The Labute approximate surface area is 188 Å². The Morgan fingerprint density at radius 1 is 1.09 bits per heavy atom. The molecule has 0 saturated carbocycles. The van der Waals surface area contributed by atoms with E-state index in [9.17, 15) is 22.8 Å². The van der Waals surface area contributed by atoms with Crippen LogP contribution in [0.2, 0.25) is 0 Å². The van der Waals surface area contributed by atoms with Crippen molar-refractivity contribution in [2.24, 2.45) is 0 Å². The summed E-state index contributed by atoms with van der Waals surface area (Å²) in [4.78, 5) is 39.8. The zero-order valence-corrected chi connectivity index (χ0v) is 19.2. The summed E-state index contributed by atoms with van der Waals surface area (Å²) in [6.45, 7) is 5.34. The normalized spacial score (nSPS) is 15.2. The smallest absolute Gasteiger partial charge is 0.269 e. The highest BCUT2D eigenvalue weighted by molar-refractivity contribution is 7.90. The number of nitrogens with zero attached hydrogens (tertiary/aromatic N) is 2. The molecule has 2 aromatic rings. The molecule has 0 unspecified atom stereocenters. The minimum absolute atomic E-state index is 0.0409. The maximum atomic E-state index is 13.3. The molecule has 170 valence electrons. The van der Waals surface area contributed by atoms with Gasteiger partial charge in [0.05, 0.1) is 5.56 Å². The van der Waals surface area contributed by atoms with E-state index in [0.29, 0.717) is 10.8 Å². The Morgan fingerprint density at radius 3 is 2.38 bits per heavy atom. The summed E-state index contributed by atoms with van der Waals surface area (Å²) in [5.74, 6) is -1.71. The van der Waals surface area contributed by atoms with E-state index in [2.05, 4.69) is 5.32 Å².